The van der Waals surface area contributed by atoms with Gasteiger partial charge in [-0.05, 0) is 31.0 Å². The quantitative estimate of drug-likeness (QED) is 0.858. The zero-order valence-electron chi connectivity index (χ0n) is 12.9. The molecule has 0 unspecified atom stereocenters. The summed E-state index contributed by atoms with van der Waals surface area (Å²) in [4.78, 5) is 36.7. The number of fused-ring (bicyclic) bond motifs is 1. The molecule has 0 saturated carbocycles. The lowest BCUT2D eigenvalue weighted by Gasteiger charge is -2.30. The lowest BCUT2D eigenvalue weighted by Crippen LogP contribution is -2.40. The molecule has 0 radical (unpaired) electrons. The number of hydrogen-bond acceptors (Lipinski definition) is 4. The van der Waals surface area contributed by atoms with Crippen molar-refractivity contribution in [1.82, 2.24) is 4.90 Å². The van der Waals surface area contributed by atoms with Crippen molar-refractivity contribution in [2.75, 3.05) is 30.3 Å². The standard InChI is InChI=1S/C16H19N3O4/c1-10(20)19-6-4-11(5-7-19)16(22)17-12-2-3-14-13(8-12)18-15(21)9-23-14/h2-3,8,11H,4-7,9H2,1H3,(H,17,22)(H,18,21). The molecule has 0 atom stereocenters. The van der Waals surface area contributed by atoms with Gasteiger partial charge in [-0.2, -0.15) is 0 Å². The van der Waals surface area contributed by atoms with Gasteiger partial charge in [0.1, 0.15) is 5.75 Å². The Kier molecular flexibility index (Phi) is 4.18. The van der Waals surface area contributed by atoms with Crippen LogP contribution >= 0.6 is 0 Å². The van der Waals surface area contributed by atoms with Crippen LogP contribution in [0.2, 0.25) is 0 Å². The number of benzene rings is 1. The average molecular weight is 317 g/mol. The highest BCUT2D eigenvalue weighted by atomic mass is 16.5. The first-order valence-corrected chi connectivity index (χ1v) is 7.66. The normalized spacial score (nSPS) is 17.8. The molecule has 1 aromatic rings. The van der Waals surface area contributed by atoms with Gasteiger partial charge >= 0.3 is 0 Å². The van der Waals surface area contributed by atoms with Gasteiger partial charge in [0, 0.05) is 31.6 Å². The molecule has 0 spiro atoms. The second kappa shape index (κ2) is 6.28. The largest absolute Gasteiger partial charge is 0.482 e. The van der Waals surface area contributed by atoms with Crippen LogP contribution in [0.15, 0.2) is 18.2 Å². The molecule has 23 heavy (non-hydrogen) atoms. The molecule has 1 aromatic carbocycles. The third-order valence-corrected chi connectivity index (χ3v) is 4.19. The maximum absolute atomic E-state index is 12.3. The molecule has 0 aromatic heterocycles. The Morgan fingerprint density at radius 3 is 2.74 bits per heavy atom. The number of anilines is 2. The average Bonchev–Trinajstić information content (AvgIpc) is 2.54. The van der Waals surface area contributed by atoms with Gasteiger partial charge in [-0.25, -0.2) is 0 Å². The van der Waals surface area contributed by atoms with E-state index >= 15 is 0 Å². The van der Waals surface area contributed by atoms with Crippen molar-refractivity contribution in [3.63, 3.8) is 0 Å². The van der Waals surface area contributed by atoms with Crippen molar-refractivity contribution in [3.8, 4) is 5.75 Å². The second-order valence-corrected chi connectivity index (χ2v) is 5.82. The van der Waals surface area contributed by atoms with Gasteiger partial charge in [0.2, 0.25) is 11.8 Å². The number of carbonyl (C=O) groups is 3. The second-order valence-electron chi connectivity index (χ2n) is 5.82. The highest BCUT2D eigenvalue weighted by Crippen LogP contribution is 2.31. The Hall–Kier alpha value is -2.57. The molecule has 2 aliphatic rings. The molecule has 122 valence electrons. The Bertz CT molecular complexity index is 651. The van der Waals surface area contributed by atoms with Crippen molar-refractivity contribution in [2.45, 2.75) is 19.8 Å². The predicted molar refractivity (Wildman–Crippen MR) is 84.2 cm³/mol. The van der Waals surface area contributed by atoms with Crippen molar-refractivity contribution >= 4 is 29.1 Å². The van der Waals surface area contributed by atoms with Gasteiger partial charge in [-0.1, -0.05) is 0 Å². The minimum absolute atomic E-state index is 0.00737. The van der Waals surface area contributed by atoms with Crippen LogP contribution in [0.1, 0.15) is 19.8 Å². The summed E-state index contributed by atoms with van der Waals surface area (Å²) < 4.78 is 5.28. The minimum Gasteiger partial charge on any atom is -0.482 e. The third-order valence-electron chi connectivity index (χ3n) is 4.19. The van der Waals surface area contributed by atoms with Gasteiger partial charge in [-0.3, -0.25) is 14.4 Å². The predicted octanol–water partition coefficient (Wildman–Crippen LogP) is 1.21. The van der Waals surface area contributed by atoms with Gasteiger partial charge in [0.05, 0.1) is 5.69 Å². The summed E-state index contributed by atoms with van der Waals surface area (Å²) in [5.41, 5.74) is 1.18. The Balaban J connectivity index is 1.61. The fourth-order valence-electron chi connectivity index (χ4n) is 2.86. The number of piperidine rings is 1. The molecule has 0 bridgehead atoms. The Labute approximate surface area is 134 Å². The molecule has 2 heterocycles. The van der Waals surface area contributed by atoms with Crippen LogP contribution in [-0.2, 0) is 14.4 Å². The number of rotatable bonds is 2. The van der Waals surface area contributed by atoms with E-state index in [0.717, 1.165) is 0 Å². The van der Waals surface area contributed by atoms with Crippen molar-refractivity contribution < 1.29 is 19.1 Å². The number of nitrogens with zero attached hydrogens (tertiary/aromatic N) is 1. The van der Waals surface area contributed by atoms with E-state index in [-0.39, 0.29) is 30.2 Å². The summed E-state index contributed by atoms with van der Waals surface area (Å²) >= 11 is 0. The van der Waals surface area contributed by atoms with E-state index in [1.807, 2.05) is 0 Å². The van der Waals surface area contributed by atoms with E-state index in [0.29, 0.717) is 43.1 Å². The molecule has 7 heteroatoms. The molecule has 3 amide bonds. The molecule has 3 rings (SSSR count). The summed E-state index contributed by atoms with van der Waals surface area (Å²) in [6, 6.07) is 5.16. The summed E-state index contributed by atoms with van der Waals surface area (Å²) in [7, 11) is 0. The smallest absolute Gasteiger partial charge is 0.262 e. The van der Waals surface area contributed by atoms with Crippen LogP contribution in [-0.4, -0.2) is 42.3 Å². The topological polar surface area (TPSA) is 87.7 Å². The molecule has 2 aliphatic heterocycles. The lowest BCUT2D eigenvalue weighted by molar-refractivity contribution is -0.132. The van der Waals surface area contributed by atoms with E-state index in [2.05, 4.69) is 10.6 Å². The number of likely N-dealkylation sites (tertiary alicyclic amines) is 1. The van der Waals surface area contributed by atoms with E-state index in [4.69, 9.17) is 4.74 Å². The summed E-state index contributed by atoms with van der Waals surface area (Å²) in [5.74, 6) is 0.271. The summed E-state index contributed by atoms with van der Waals surface area (Å²) in [5, 5.41) is 5.58. The fourth-order valence-corrected chi connectivity index (χ4v) is 2.86. The first-order valence-electron chi connectivity index (χ1n) is 7.66. The van der Waals surface area contributed by atoms with Crippen molar-refractivity contribution in [1.29, 1.82) is 0 Å². The van der Waals surface area contributed by atoms with Crippen LogP contribution in [0.3, 0.4) is 0 Å². The van der Waals surface area contributed by atoms with Crippen LogP contribution in [0.5, 0.6) is 5.75 Å². The van der Waals surface area contributed by atoms with Gasteiger partial charge in [-0.15, -0.1) is 0 Å². The minimum atomic E-state index is -0.211. The van der Waals surface area contributed by atoms with Crippen LogP contribution < -0.4 is 15.4 Å². The van der Waals surface area contributed by atoms with E-state index in [1.54, 1.807) is 30.0 Å². The molecule has 0 aliphatic carbocycles. The molecule has 1 saturated heterocycles. The Morgan fingerprint density at radius 2 is 2.04 bits per heavy atom. The number of amides is 3. The highest BCUT2D eigenvalue weighted by Gasteiger charge is 2.26. The van der Waals surface area contributed by atoms with Gasteiger partial charge in [0.15, 0.2) is 6.61 Å². The maximum Gasteiger partial charge on any atom is 0.262 e. The zero-order chi connectivity index (χ0) is 16.4. The number of hydrogen-bond donors (Lipinski definition) is 2. The van der Waals surface area contributed by atoms with E-state index in [1.165, 1.54) is 0 Å². The van der Waals surface area contributed by atoms with Crippen LogP contribution in [0.25, 0.3) is 0 Å². The lowest BCUT2D eigenvalue weighted by atomic mass is 9.96. The van der Waals surface area contributed by atoms with Gasteiger partial charge in [0.25, 0.3) is 5.91 Å². The fraction of sp³-hybridized carbons (Fsp3) is 0.438. The first kappa shape index (κ1) is 15.3. The zero-order valence-corrected chi connectivity index (χ0v) is 12.9. The molecule has 1 fully saturated rings. The highest BCUT2D eigenvalue weighted by molar-refractivity contribution is 5.98. The first-order chi connectivity index (χ1) is 11.0. The van der Waals surface area contributed by atoms with Gasteiger partial charge < -0.3 is 20.3 Å². The molecular weight excluding hydrogens is 298 g/mol. The van der Waals surface area contributed by atoms with Crippen LogP contribution in [0, 0.1) is 5.92 Å². The number of carbonyl (C=O) groups excluding carboxylic acids is 3. The maximum atomic E-state index is 12.3. The number of nitrogens with one attached hydrogen (secondary N) is 2. The molecule has 2 N–H and O–H groups in total. The van der Waals surface area contributed by atoms with E-state index < -0.39 is 0 Å². The molecule has 7 nitrogen and oxygen atoms in total. The number of ether oxygens (including phenoxy) is 1. The van der Waals surface area contributed by atoms with Crippen molar-refractivity contribution in [3.05, 3.63) is 18.2 Å². The Morgan fingerprint density at radius 1 is 1.30 bits per heavy atom. The van der Waals surface area contributed by atoms with E-state index in [9.17, 15) is 14.4 Å². The monoisotopic (exact) mass is 317 g/mol. The van der Waals surface area contributed by atoms with Crippen molar-refractivity contribution in [2.24, 2.45) is 5.92 Å². The third kappa shape index (κ3) is 3.44. The summed E-state index contributed by atoms with van der Waals surface area (Å²) in [6.07, 6.45) is 1.33. The summed E-state index contributed by atoms with van der Waals surface area (Å²) in [6.45, 7) is 2.78. The molecular formula is C16H19N3O4. The SMILES string of the molecule is CC(=O)N1CCC(C(=O)Nc2ccc3c(c2)NC(=O)CO3)CC1. The van der Waals surface area contributed by atoms with Crippen LogP contribution in [0.4, 0.5) is 11.4 Å².